The first-order valence-corrected chi connectivity index (χ1v) is 8.05. The highest BCUT2D eigenvalue weighted by atomic mass is 16.7. The molecule has 6 nitrogen and oxygen atoms in total. The van der Waals surface area contributed by atoms with E-state index in [0.717, 1.165) is 17.1 Å². The smallest absolute Gasteiger partial charge is 0.231 e. The van der Waals surface area contributed by atoms with Crippen LogP contribution < -0.4 is 14.2 Å². The van der Waals surface area contributed by atoms with E-state index in [4.69, 9.17) is 18.9 Å². The summed E-state index contributed by atoms with van der Waals surface area (Å²) in [5.41, 5.74) is 4.42. The zero-order valence-corrected chi connectivity index (χ0v) is 13.7. The van der Waals surface area contributed by atoms with Crippen molar-refractivity contribution in [3.63, 3.8) is 0 Å². The molecule has 0 fully saturated rings. The predicted octanol–water partition coefficient (Wildman–Crippen LogP) is 3.31. The highest BCUT2D eigenvalue weighted by molar-refractivity contribution is 5.69. The van der Waals surface area contributed by atoms with Crippen molar-refractivity contribution in [2.45, 2.75) is 13.2 Å². The van der Waals surface area contributed by atoms with Gasteiger partial charge in [-0.05, 0) is 35.4 Å². The highest BCUT2D eigenvalue weighted by Gasteiger charge is 2.22. The van der Waals surface area contributed by atoms with Crippen LogP contribution in [0.15, 0.2) is 42.7 Å². The number of rotatable bonds is 3. The third kappa shape index (κ3) is 2.26. The summed E-state index contributed by atoms with van der Waals surface area (Å²) in [6, 6.07) is 10.2. The SMILES string of the molecule is COc1cc(-c2nccn2-c2ccc3c(c2)COC3)cc2c1OCO2. The third-order valence-electron chi connectivity index (χ3n) is 4.54. The Labute approximate surface area is 144 Å². The normalized spacial score (nSPS) is 14.6. The Morgan fingerprint density at radius 2 is 2.00 bits per heavy atom. The molecule has 0 aliphatic carbocycles. The van der Waals surface area contributed by atoms with E-state index in [9.17, 15) is 0 Å². The molecule has 2 aliphatic rings. The fraction of sp³-hybridized carbons (Fsp3) is 0.211. The van der Waals surface area contributed by atoms with Gasteiger partial charge in [-0.25, -0.2) is 4.98 Å². The predicted molar refractivity (Wildman–Crippen MR) is 90.2 cm³/mol. The molecule has 0 radical (unpaired) electrons. The van der Waals surface area contributed by atoms with Crippen LogP contribution in [0.4, 0.5) is 0 Å². The van der Waals surface area contributed by atoms with E-state index in [0.29, 0.717) is 30.5 Å². The minimum atomic E-state index is 0.203. The minimum Gasteiger partial charge on any atom is -0.493 e. The Morgan fingerprint density at radius 1 is 1.08 bits per heavy atom. The van der Waals surface area contributed by atoms with E-state index >= 15 is 0 Å². The molecule has 6 heteroatoms. The molecule has 0 N–H and O–H groups in total. The summed E-state index contributed by atoms with van der Waals surface area (Å²) >= 11 is 0. The molecule has 2 aromatic carbocycles. The van der Waals surface area contributed by atoms with Crippen LogP contribution >= 0.6 is 0 Å². The van der Waals surface area contributed by atoms with Crippen molar-refractivity contribution in [2.75, 3.05) is 13.9 Å². The first-order chi connectivity index (χ1) is 12.3. The highest BCUT2D eigenvalue weighted by Crippen LogP contribution is 2.44. The molecule has 3 heterocycles. The van der Waals surface area contributed by atoms with Crippen LogP contribution in [0.1, 0.15) is 11.1 Å². The Morgan fingerprint density at radius 3 is 2.92 bits per heavy atom. The Bertz CT molecular complexity index is 964. The fourth-order valence-electron chi connectivity index (χ4n) is 3.29. The lowest BCUT2D eigenvalue weighted by Crippen LogP contribution is -1.98. The standard InChI is InChI=1S/C19H16N2O4/c1-22-16-7-13(8-17-18(16)25-11-24-17)19-20-4-5-21(19)15-3-2-12-9-23-10-14(12)6-15/h2-8H,9-11H2,1H3. The minimum absolute atomic E-state index is 0.203. The summed E-state index contributed by atoms with van der Waals surface area (Å²) in [6.07, 6.45) is 3.74. The number of hydrogen-bond donors (Lipinski definition) is 0. The zero-order chi connectivity index (χ0) is 16.8. The van der Waals surface area contributed by atoms with Gasteiger partial charge in [0, 0.05) is 23.6 Å². The first-order valence-electron chi connectivity index (χ1n) is 8.05. The molecule has 0 amide bonds. The molecule has 25 heavy (non-hydrogen) atoms. The summed E-state index contributed by atoms with van der Waals surface area (Å²) in [5.74, 6) is 2.77. The lowest BCUT2D eigenvalue weighted by Gasteiger charge is -2.11. The number of fused-ring (bicyclic) bond motifs is 2. The summed E-state index contributed by atoms with van der Waals surface area (Å²) in [5, 5.41) is 0. The molecule has 126 valence electrons. The summed E-state index contributed by atoms with van der Waals surface area (Å²) in [7, 11) is 1.62. The van der Waals surface area contributed by atoms with Crippen LogP contribution in [0.5, 0.6) is 17.2 Å². The Balaban J connectivity index is 1.62. The molecular formula is C19H16N2O4. The van der Waals surface area contributed by atoms with Crippen molar-refractivity contribution in [3.8, 4) is 34.3 Å². The van der Waals surface area contributed by atoms with Crippen LogP contribution in [0.2, 0.25) is 0 Å². The molecule has 5 rings (SSSR count). The molecule has 0 unspecified atom stereocenters. The first kappa shape index (κ1) is 14.4. The van der Waals surface area contributed by atoms with E-state index in [1.54, 1.807) is 13.3 Å². The van der Waals surface area contributed by atoms with Crippen LogP contribution in [-0.2, 0) is 18.0 Å². The average Bonchev–Trinajstić information content (AvgIpc) is 3.38. The van der Waals surface area contributed by atoms with Gasteiger partial charge in [-0.15, -0.1) is 0 Å². The molecule has 0 spiro atoms. The van der Waals surface area contributed by atoms with Gasteiger partial charge in [-0.2, -0.15) is 0 Å². The van der Waals surface area contributed by atoms with Crippen LogP contribution in [0.25, 0.3) is 17.1 Å². The number of hydrogen-bond acceptors (Lipinski definition) is 5. The van der Waals surface area contributed by atoms with Gasteiger partial charge in [-0.1, -0.05) is 6.07 Å². The van der Waals surface area contributed by atoms with Gasteiger partial charge < -0.3 is 18.9 Å². The topological polar surface area (TPSA) is 54.7 Å². The quantitative estimate of drug-likeness (QED) is 0.734. The second-order valence-corrected chi connectivity index (χ2v) is 5.98. The van der Waals surface area contributed by atoms with Gasteiger partial charge in [0.15, 0.2) is 11.5 Å². The third-order valence-corrected chi connectivity index (χ3v) is 4.54. The van der Waals surface area contributed by atoms with Gasteiger partial charge in [0.2, 0.25) is 12.5 Å². The van der Waals surface area contributed by atoms with Crippen molar-refractivity contribution in [1.82, 2.24) is 9.55 Å². The van der Waals surface area contributed by atoms with Crippen LogP contribution in [0, 0.1) is 0 Å². The van der Waals surface area contributed by atoms with Crippen molar-refractivity contribution in [3.05, 3.63) is 53.9 Å². The summed E-state index contributed by atoms with van der Waals surface area (Å²) in [6.45, 7) is 1.55. The second-order valence-electron chi connectivity index (χ2n) is 5.98. The second kappa shape index (κ2) is 5.53. The van der Waals surface area contributed by atoms with Gasteiger partial charge in [0.05, 0.1) is 20.3 Å². The van der Waals surface area contributed by atoms with E-state index in [2.05, 4.69) is 27.8 Å². The maximum absolute atomic E-state index is 5.53. The number of methoxy groups -OCH3 is 1. The van der Waals surface area contributed by atoms with Crippen LogP contribution in [-0.4, -0.2) is 23.5 Å². The van der Waals surface area contributed by atoms with Gasteiger partial charge in [0.1, 0.15) is 5.82 Å². The van der Waals surface area contributed by atoms with Gasteiger partial charge in [-0.3, -0.25) is 4.57 Å². The number of nitrogens with zero attached hydrogens (tertiary/aromatic N) is 2. The van der Waals surface area contributed by atoms with E-state index in [1.165, 1.54) is 11.1 Å². The number of aromatic nitrogens is 2. The molecular weight excluding hydrogens is 320 g/mol. The van der Waals surface area contributed by atoms with E-state index in [1.807, 2.05) is 18.3 Å². The van der Waals surface area contributed by atoms with Gasteiger partial charge >= 0.3 is 0 Å². The maximum Gasteiger partial charge on any atom is 0.231 e. The van der Waals surface area contributed by atoms with Crippen molar-refractivity contribution in [1.29, 1.82) is 0 Å². The lowest BCUT2D eigenvalue weighted by atomic mass is 10.1. The number of ether oxygens (including phenoxy) is 4. The molecule has 2 aliphatic heterocycles. The van der Waals surface area contributed by atoms with Crippen LogP contribution in [0.3, 0.4) is 0 Å². The van der Waals surface area contributed by atoms with E-state index in [-0.39, 0.29) is 6.79 Å². The zero-order valence-electron chi connectivity index (χ0n) is 13.7. The van der Waals surface area contributed by atoms with Crippen molar-refractivity contribution < 1.29 is 18.9 Å². The Hall–Kier alpha value is -2.99. The number of imidazole rings is 1. The van der Waals surface area contributed by atoms with Crippen molar-refractivity contribution in [2.24, 2.45) is 0 Å². The molecule has 0 bridgehead atoms. The number of benzene rings is 2. The van der Waals surface area contributed by atoms with Gasteiger partial charge in [0.25, 0.3) is 0 Å². The average molecular weight is 336 g/mol. The summed E-state index contributed by atoms with van der Waals surface area (Å²) in [4.78, 5) is 4.54. The molecule has 0 atom stereocenters. The van der Waals surface area contributed by atoms with E-state index < -0.39 is 0 Å². The lowest BCUT2D eigenvalue weighted by molar-refractivity contribution is 0.134. The molecule has 0 saturated heterocycles. The molecule has 0 saturated carbocycles. The summed E-state index contributed by atoms with van der Waals surface area (Å²) < 4.78 is 24.0. The molecule has 3 aromatic rings. The fourth-order valence-corrected chi connectivity index (χ4v) is 3.29. The maximum atomic E-state index is 5.53. The molecule has 1 aromatic heterocycles. The van der Waals surface area contributed by atoms with Crippen molar-refractivity contribution >= 4 is 0 Å². The largest absolute Gasteiger partial charge is 0.493 e. The Kier molecular flexibility index (Phi) is 3.18. The monoisotopic (exact) mass is 336 g/mol.